The quantitative estimate of drug-likeness (QED) is 0.875. The number of nitrogens with one attached hydrogen (secondary N) is 1. The Morgan fingerprint density at radius 1 is 1.39 bits per heavy atom. The molecule has 0 saturated heterocycles. The molecule has 2 N–H and O–H groups in total. The maximum atomic E-state index is 12.4. The van der Waals surface area contributed by atoms with Crippen LogP contribution in [0, 0.1) is 6.92 Å². The van der Waals surface area contributed by atoms with E-state index in [1.165, 1.54) is 0 Å². The maximum absolute atomic E-state index is 12.4. The largest absolute Gasteiger partial charge is 0.389 e. The summed E-state index contributed by atoms with van der Waals surface area (Å²) in [5, 5.41) is 17.5. The predicted molar refractivity (Wildman–Crippen MR) is 92.5 cm³/mol. The third-order valence-electron chi connectivity index (χ3n) is 3.68. The van der Waals surface area contributed by atoms with Crippen molar-refractivity contribution in [3.63, 3.8) is 0 Å². The summed E-state index contributed by atoms with van der Waals surface area (Å²) >= 11 is 0. The van der Waals surface area contributed by atoms with E-state index < -0.39 is 5.60 Å². The summed E-state index contributed by atoms with van der Waals surface area (Å²) in [7, 11) is 0. The zero-order valence-electron chi connectivity index (χ0n) is 15.8. The molecule has 2 amide bonds. The maximum Gasteiger partial charge on any atom is 0.317 e. The lowest BCUT2D eigenvalue weighted by atomic mass is 10.1. The van der Waals surface area contributed by atoms with Crippen LogP contribution in [-0.4, -0.2) is 44.5 Å². The molecule has 23 heavy (non-hydrogen) atoms. The minimum absolute atomic E-state index is 0.0941. The first kappa shape index (κ1) is 19.5. The van der Waals surface area contributed by atoms with Crippen LogP contribution < -0.4 is 5.32 Å². The summed E-state index contributed by atoms with van der Waals surface area (Å²) < 4.78 is 1.93. The Balaban J connectivity index is 2.84. The van der Waals surface area contributed by atoms with Crippen molar-refractivity contribution in [2.24, 2.45) is 0 Å². The van der Waals surface area contributed by atoms with E-state index in [9.17, 15) is 9.90 Å². The Morgan fingerprint density at radius 2 is 1.96 bits per heavy atom. The van der Waals surface area contributed by atoms with Gasteiger partial charge in [0.05, 0.1) is 29.4 Å². The Morgan fingerprint density at radius 3 is 2.35 bits per heavy atom. The zero-order valence-corrected chi connectivity index (χ0v) is 15.8. The first-order chi connectivity index (χ1) is 10.3. The first-order valence-electron chi connectivity index (χ1n) is 8.19. The van der Waals surface area contributed by atoms with Crippen LogP contribution in [0.2, 0.25) is 0 Å². The van der Waals surface area contributed by atoms with Gasteiger partial charge >= 0.3 is 6.03 Å². The van der Waals surface area contributed by atoms with Gasteiger partial charge in [-0.25, -0.2) is 4.79 Å². The smallest absolute Gasteiger partial charge is 0.317 e. The molecule has 0 saturated carbocycles. The molecular formula is C17H32N4O2. The summed E-state index contributed by atoms with van der Waals surface area (Å²) in [4.78, 5) is 14.0. The molecule has 0 fully saturated rings. The fourth-order valence-corrected chi connectivity index (χ4v) is 2.39. The van der Waals surface area contributed by atoms with Gasteiger partial charge in [0.1, 0.15) is 0 Å². The van der Waals surface area contributed by atoms with Gasteiger partial charge in [0.2, 0.25) is 0 Å². The number of carbonyl (C=O) groups is 1. The number of amides is 2. The number of hydrogen-bond acceptors (Lipinski definition) is 3. The highest BCUT2D eigenvalue weighted by Crippen LogP contribution is 2.21. The highest BCUT2D eigenvalue weighted by molar-refractivity contribution is 5.74. The lowest BCUT2D eigenvalue weighted by Crippen LogP contribution is -2.47. The molecule has 0 aliphatic heterocycles. The number of nitrogens with zero attached hydrogens (tertiary/aromatic N) is 3. The fourth-order valence-electron chi connectivity index (χ4n) is 2.39. The third-order valence-corrected chi connectivity index (χ3v) is 3.68. The number of aliphatic hydroxyl groups is 1. The van der Waals surface area contributed by atoms with E-state index in [4.69, 9.17) is 0 Å². The standard InChI is InChI=1S/C17H32N4O2/c1-9-20(11-17(7,8)23)15(22)18-12(2)14-10-21(16(4,5)6)19-13(14)3/h10,12,23H,9,11H2,1-8H3,(H,18,22)/t12-/m0/s1. The summed E-state index contributed by atoms with van der Waals surface area (Å²) in [6.45, 7) is 16.3. The van der Waals surface area contributed by atoms with Crippen molar-refractivity contribution in [2.45, 2.75) is 72.6 Å². The molecule has 1 heterocycles. The van der Waals surface area contributed by atoms with Crippen molar-refractivity contribution in [1.29, 1.82) is 0 Å². The third kappa shape index (κ3) is 5.53. The van der Waals surface area contributed by atoms with Crippen molar-refractivity contribution >= 4 is 6.03 Å². The molecule has 6 heteroatoms. The van der Waals surface area contributed by atoms with Gasteiger partial charge in [-0.3, -0.25) is 4.68 Å². The zero-order chi connectivity index (χ0) is 18.0. The average Bonchev–Trinajstić information content (AvgIpc) is 2.76. The van der Waals surface area contributed by atoms with E-state index in [2.05, 4.69) is 31.2 Å². The molecule has 1 rings (SSSR count). The van der Waals surface area contributed by atoms with Crippen LogP contribution in [-0.2, 0) is 5.54 Å². The lowest BCUT2D eigenvalue weighted by Gasteiger charge is -2.29. The van der Waals surface area contributed by atoms with Crippen LogP contribution in [0.15, 0.2) is 6.20 Å². The minimum atomic E-state index is -0.913. The van der Waals surface area contributed by atoms with Crippen LogP contribution in [0.4, 0.5) is 4.79 Å². The molecule has 0 aromatic carbocycles. The van der Waals surface area contributed by atoms with E-state index in [0.29, 0.717) is 13.1 Å². The molecule has 0 aliphatic rings. The summed E-state index contributed by atoms with van der Waals surface area (Å²) in [5.41, 5.74) is 0.915. The normalized spacial score (nSPS) is 13.8. The van der Waals surface area contributed by atoms with Crippen molar-refractivity contribution < 1.29 is 9.90 Å². The van der Waals surface area contributed by atoms with E-state index in [-0.39, 0.29) is 17.6 Å². The number of aryl methyl sites for hydroxylation is 1. The van der Waals surface area contributed by atoms with Gasteiger partial charge in [-0.05, 0) is 55.4 Å². The number of urea groups is 1. The molecule has 1 atom stereocenters. The Bertz CT molecular complexity index is 538. The monoisotopic (exact) mass is 324 g/mol. The Kier molecular flexibility index (Phi) is 5.85. The van der Waals surface area contributed by atoms with Gasteiger partial charge in [-0.2, -0.15) is 5.10 Å². The molecule has 0 spiro atoms. The van der Waals surface area contributed by atoms with Crippen LogP contribution in [0.3, 0.4) is 0 Å². The van der Waals surface area contributed by atoms with E-state index in [0.717, 1.165) is 11.3 Å². The highest BCUT2D eigenvalue weighted by atomic mass is 16.3. The van der Waals surface area contributed by atoms with Gasteiger partial charge in [-0.15, -0.1) is 0 Å². The number of aromatic nitrogens is 2. The van der Waals surface area contributed by atoms with Crippen LogP contribution in [0.5, 0.6) is 0 Å². The molecule has 1 aromatic rings. The van der Waals surface area contributed by atoms with Crippen molar-refractivity contribution in [3.8, 4) is 0 Å². The molecular weight excluding hydrogens is 292 g/mol. The lowest BCUT2D eigenvalue weighted by molar-refractivity contribution is 0.0476. The summed E-state index contributed by atoms with van der Waals surface area (Å²) in [6, 6.07) is -0.320. The molecule has 0 bridgehead atoms. The van der Waals surface area contributed by atoms with Crippen LogP contribution in [0.25, 0.3) is 0 Å². The summed E-state index contributed by atoms with van der Waals surface area (Å²) in [5.74, 6) is 0. The highest BCUT2D eigenvalue weighted by Gasteiger charge is 2.24. The average molecular weight is 324 g/mol. The number of carbonyl (C=O) groups excluding carboxylic acids is 1. The van der Waals surface area contributed by atoms with Gasteiger partial charge in [0.25, 0.3) is 0 Å². The van der Waals surface area contributed by atoms with Crippen LogP contribution in [0.1, 0.15) is 65.8 Å². The van der Waals surface area contributed by atoms with Crippen molar-refractivity contribution in [2.75, 3.05) is 13.1 Å². The van der Waals surface area contributed by atoms with Crippen molar-refractivity contribution in [1.82, 2.24) is 20.0 Å². The molecule has 0 aliphatic carbocycles. The molecule has 0 unspecified atom stereocenters. The van der Waals surface area contributed by atoms with Crippen molar-refractivity contribution in [3.05, 3.63) is 17.5 Å². The van der Waals surface area contributed by atoms with Crippen LogP contribution >= 0.6 is 0 Å². The molecule has 0 radical (unpaired) electrons. The molecule has 1 aromatic heterocycles. The number of rotatable bonds is 5. The number of likely N-dealkylation sites (N-methyl/N-ethyl adjacent to an activating group) is 1. The SMILES string of the molecule is CCN(CC(C)(C)O)C(=O)N[C@@H](C)c1cn(C(C)(C)C)nc1C. The summed E-state index contributed by atoms with van der Waals surface area (Å²) in [6.07, 6.45) is 1.99. The second kappa shape index (κ2) is 6.91. The first-order valence-corrected chi connectivity index (χ1v) is 8.19. The second-order valence-corrected chi connectivity index (χ2v) is 7.78. The molecule has 6 nitrogen and oxygen atoms in total. The Labute approximate surface area is 139 Å². The van der Waals surface area contributed by atoms with E-state index in [1.807, 2.05) is 31.6 Å². The predicted octanol–water partition coefficient (Wildman–Crippen LogP) is 2.81. The van der Waals surface area contributed by atoms with Gasteiger partial charge < -0.3 is 15.3 Å². The van der Waals surface area contributed by atoms with Gasteiger partial charge in [-0.1, -0.05) is 0 Å². The van der Waals surface area contributed by atoms with Gasteiger partial charge in [0.15, 0.2) is 0 Å². The van der Waals surface area contributed by atoms with Gasteiger partial charge in [0, 0.05) is 18.3 Å². The van der Waals surface area contributed by atoms with E-state index in [1.54, 1.807) is 18.7 Å². The topological polar surface area (TPSA) is 70.4 Å². The number of hydrogen-bond donors (Lipinski definition) is 2. The fraction of sp³-hybridized carbons (Fsp3) is 0.765. The second-order valence-electron chi connectivity index (χ2n) is 7.78. The Hall–Kier alpha value is -1.56. The van der Waals surface area contributed by atoms with E-state index >= 15 is 0 Å². The molecule has 132 valence electrons. The minimum Gasteiger partial charge on any atom is -0.389 e.